The summed E-state index contributed by atoms with van der Waals surface area (Å²) in [6, 6.07) is 14.0. The van der Waals surface area contributed by atoms with Gasteiger partial charge in [0.1, 0.15) is 0 Å². The molecule has 1 unspecified atom stereocenters. The maximum absolute atomic E-state index is 12.9. The molecule has 0 saturated carbocycles. The average molecular weight is 450 g/mol. The molecule has 31 heavy (non-hydrogen) atoms. The van der Waals surface area contributed by atoms with Crippen molar-refractivity contribution in [2.24, 2.45) is 5.92 Å². The second-order valence-corrected chi connectivity index (χ2v) is 7.56. The van der Waals surface area contributed by atoms with Crippen LogP contribution in [0.15, 0.2) is 54.6 Å². The summed E-state index contributed by atoms with van der Waals surface area (Å²) in [5.74, 6) is -1.49. The van der Waals surface area contributed by atoms with Crippen molar-refractivity contribution < 1.29 is 22.8 Å². The Morgan fingerprint density at radius 2 is 1.81 bits per heavy atom. The van der Waals surface area contributed by atoms with E-state index in [1.54, 1.807) is 37.3 Å². The minimum atomic E-state index is -4.56. The minimum Gasteiger partial charge on any atom is -0.325 e. The van der Waals surface area contributed by atoms with Gasteiger partial charge in [-0.05, 0) is 31.2 Å². The van der Waals surface area contributed by atoms with Crippen molar-refractivity contribution in [3.05, 3.63) is 82.1 Å². The fourth-order valence-corrected chi connectivity index (χ4v) is 3.16. The second kappa shape index (κ2) is 8.93. The number of rotatable bonds is 6. The first-order chi connectivity index (χ1) is 14.6. The van der Waals surface area contributed by atoms with Gasteiger partial charge >= 0.3 is 6.18 Å². The summed E-state index contributed by atoms with van der Waals surface area (Å²) in [4.78, 5) is 25.6. The molecule has 1 N–H and O–H groups in total. The summed E-state index contributed by atoms with van der Waals surface area (Å²) in [5.41, 5.74) is 0.196. The molecule has 3 aromatic rings. The Kier molecular flexibility index (Phi) is 6.50. The molecule has 2 aromatic carbocycles. The van der Waals surface area contributed by atoms with E-state index in [4.69, 9.17) is 11.6 Å². The number of amides is 1. The third kappa shape index (κ3) is 5.32. The third-order valence-corrected chi connectivity index (χ3v) is 4.92. The van der Waals surface area contributed by atoms with Crippen LogP contribution in [0.2, 0.25) is 5.02 Å². The van der Waals surface area contributed by atoms with E-state index in [0.29, 0.717) is 16.3 Å². The number of aryl methyl sites for hydroxylation is 1. The van der Waals surface area contributed by atoms with E-state index in [1.807, 2.05) is 0 Å². The summed E-state index contributed by atoms with van der Waals surface area (Å²) < 4.78 is 39.7. The highest BCUT2D eigenvalue weighted by Crippen LogP contribution is 2.29. The fourth-order valence-electron chi connectivity index (χ4n) is 2.99. The first kappa shape index (κ1) is 22.6. The number of anilines is 1. The molecule has 9 heteroatoms. The Morgan fingerprint density at radius 1 is 1.13 bits per heavy atom. The van der Waals surface area contributed by atoms with Gasteiger partial charge in [0.15, 0.2) is 11.5 Å². The van der Waals surface area contributed by atoms with Crippen LogP contribution < -0.4 is 5.32 Å². The summed E-state index contributed by atoms with van der Waals surface area (Å²) in [6.07, 6.45) is -4.56. The van der Waals surface area contributed by atoms with Crippen molar-refractivity contribution in [2.45, 2.75) is 26.6 Å². The standard InChI is InChI=1S/C22H19ClF3N3O2/c1-13(12-29-14(2)10-19(28-29)22(24,25)26)21(31)27-18-9-8-16(23)11-17(18)20(30)15-6-4-3-5-7-15/h3-11,13H,12H2,1-2H3,(H,27,31). The average Bonchev–Trinajstić information content (AvgIpc) is 3.10. The normalized spacial score (nSPS) is 12.5. The van der Waals surface area contributed by atoms with Gasteiger partial charge in [-0.25, -0.2) is 0 Å². The molecule has 162 valence electrons. The lowest BCUT2D eigenvalue weighted by atomic mass is 10.0. The van der Waals surface area contributed by atoms with Crippen molar-refractivity contribution in [2.75, 3.05) is 5.32 Å². The number of carbonyl (C=O) groups is 2. The maximum atomic E-state index is 12.9. The molecular weight excluding hydrogens is 431 g/mol. The van der Waals surface area contributed by atoms with Crippen LogP contribution >= 0.6 is 11.6 Å². The number of nitrogens with one attached hydrogen (secondary N) is 1. The van der Waals surface area contributed by atoms with Crippen LogP contribution in [-0.2, 0) is 17.5 Å². The van der Waals surface area contributed by atoms with Crippen LogP contribution in [0, 0.1) is 12.8 Å². The monoisotopic (exact) mass is 449 g/mol. The zero-order valence-corrected chi connectivity index (χ0v) is 17.5. The Hall–Kier alpha value is -3.13. The first-order valence-electron chi connectivity index (χ1n) is 9.38. The van der Waals surface area contributed by atoms with Crippen molar-refractivity contribution in [1.29, 1.82) is 0 Å². The molecule has 1 aromatic heterocycles. The third-order valence-electron chi connectivity index (χ3n) is 4.69. The molecule has 0 saturated heterocycles. The zero-order chi connectivity index (χ0) is 22.8. The SMILES string of the molecule is Cc1cc(C(F)(F)F)nn1CC(C)C(=O)Nc1ccc(Cl)cc1C(=O)c1ccccc1. The van der Waals surface area contributed by atoms with Gasteiger partial charge in [-0.2, -0.15) is 18.3 Å². The van der Waals surface area contributed by atoms with Gasteiger partial charge in [0.25, 0.3) is 0 Å². The molecule has 0 fully saturated rings. The number of hydrogen-bond acceptors (Lipinski definition) is 3. The molecule has 1 amide bonds. The quantitative estimate of drug-likeness (QED) is 0.514. The number of aromatic nitrogens is 2. The maximum Gasteiger partial charge on any atom is 0.435 e. The Morgan fingerprint density at radius 3 is 2.42 bits per heavy atom. The zero-order valence-electron chi connectivity index (χ0n) is 16.7. The molecule has 0 aliphatic heterocycles. The van der Waals surface area contributed by atoms with E-state index in [9.17, 15) is 22.8 Å². The van der Waals surface area contributed by atoms with Gasteiger partial charge in [-0.15, -0.1) is 0 Å². The lowest BCUT2D eigenvalue weighted by Crippen LogP contribution is -2.26. The van der Waals surface area contributed by atoms with E-state index in [-0.39, 0.29) is 23.6 Å². The van der Waals surface area contributed by atoms with E-state index in [2.05, 4.69) is 10.4 Å². The van der Waals surface area contributed by atoms with E-state index in [0.717, 1.165) is 10.7 Å². The second-order valence-electron chi connectivity index (χ2n) is 7.13. The number of halogens is 4. The van der Waals surface area contributed by atoms with Crippen molar-refractivity contribution in [3.8, 4) is 0 Å². The number of carbonyl (C=O) groups excluding carboxylic acids is 2. The lowest BCUT2D eigenvalue weighted by Gasteiger charge is -2.16. The minimum absolute atomic E-state index is 0.0523. The lowest BCUT2D eigenvalue weighted by molar-refractivity contribution is -0.141. The number of nitrogens with zero attached hydrogens (tertiary/aromatic N) is 2. The predicted octanol–water partition coefficient (Wildman–Crippen LogP) is 5.37. The molecule has 0 spiro atoms. The van der Waals surface area contributed by atoms with Gasteiger partial charge in [0.05, 0.1) is 18.2 Å². The predicted molar refractivity (Wildman–Crippen MR) is 111 cm³/mol. The van der Waals surface area contributed by atoms with Gasteiger partial charge in [-0.3, -0.25) is 14.3 Å². The summed E-state index contributed by atoms with van der Waals surface area (Å²) in [5, 5.41) is 6.56. The van der Waals surface area contributed by atoms with Crippen LogP contribution in [0.1, 0.15) is 34.2 Å². The Bertz CT molecular complexity index is 1110. The molecule has 0 bridgehead atoms. The first-order valence-corrected chi connectivity index (χ1v) is 9.76. The van der Waals surface area contributed by atoms with Crippen LogP contribution in [0.25, 0.3) is 0 Å². The van der Waals surface area contributed by atoms with Crippen molar-refractivity contribution in [1.82, 2.24) is 9.78 Å². The highest BCUT2D eigenvalue weighted by molar-refractivity contribution is 6.31. The van der Waals surface area contributed by atoms with Crippen molar-refractivity contribution >= 4 is 29.0 Å². The van der Waals surface area contributed by atoms with Crippen molar-refractivity contribution in [3.63, 3.8) is 0 Å². The number of ketones is 1. The molecule has 1 heterocycles. The molecule has 3 rings (SSSR count). The molecule has 0 aliphatic carbocycles. The molecule has 1 atom stereocenters. The Balaban J connectivity index is 1.79. The van der Waals surface area contributed by atoms with Crippen LogP contribution in [0.5, 0.6) is 0 Å². The smallest absolute Gasteiger partial charge is 0.325 e. The fraction of sp³-hybridized carbons (Fsp3) is 0.227. The summed E-state index contributed by atoms with van der Waals surface area (Å²) in [6.45, 7) is 3.00. The number of benzene rings is 2. The van der Waals surface area contributed by atoms with E-state index >= 15 is 0 Å². The Labute approximate surface area is 181 Å². The largest absolute Gasteiger partial charge is 0.435 e. The molecule has 0 radical (unpaired) electrons. The van der Waals surface area contributed by atoms with Crippen LogP contribution in [-0.4, -0.2) is 21.5 Å². The van der Waals surface area contributed by atoms with Gasteiger partial charge in [-0.1, -0.05) is 48.9 Å². The van der Waals surface area contributed by atoms with Crippen LogP contribution in [0.3, 0.4) is 0 Å². The van der Waals surface area contributed by atoms with Gasteiger partial charge in [0.2, 0.25) is 5.91 Å². The molecule has 0 aliphatic rings. The van der Waals surface area contributed by atoms with Gasteiger partial charge in [0, 0.05) is 21.8 Å². The highest BCUT2D eigenvalue weighted by Gasteiger charge is 2.34. The van der Waals surface area contributed by atoms with E-state index < -0.39 is 23.7 Å². The van der Waals surface area contributed by atoms with E-state index in [1.165, 1.54) is 25.1 Å². The van der Waals surface area contributed by atoms with Gasteiger partial charge < -0.3 is 5.32 Å². The number of hydrogen-bond donors (Lipinski definition) is 1. The summed E-state index contributed by atoms with van der Waals surface area (Å²) >= 11 is 6.04. The van der Waals surface area contributed by atoms with Crippen LogP contribution in [0.4, 0.5) is 18.9 Å². The highest BCUT2D eigenvalue weighted by atomic mass is 35.5. The number of alkyl halides is 3. The summed E-state index contributed by atoms with van der Waals surface area (Å²) in [7, 11) is 0. The molecule has 5 nitrogen and oxygen atoms in total. The topological polar surface area (TPSA) is 64.0 Å². The molecular formula is C22H19ClF3N3O2.